The summed E-state index contributed by atoms with van der Waals surface area (Å²) in [6.07, 6.45) is 14.5. The minimum absolute atomic E-state index is 0.0472. The van der Waals surface area contributed by atoms with Gasteiger partial charge in [-0.25, -0.2) is 9.97 Å². The fourth-order valence-electron chi connectivity index (χ4n) is 4.51. The summed E-state index contributed by atoms with van der Waals surface area (Å²) in [4.78, 5) is 26.1. The van der Waals surface area contributed by atoms with Crippen molar-refractivity contribution in [2.24, 2.45) is 0 Å². The van der Waals surface area contributed by atoms with Gasteiger partial charge >= 0.3 is 0 Å². The van der Waals surface area contributed by atoms with Crippen LogP contribution in [0.4, 0.5) is 17.2 Å². The number of terminal acetylenes is 1. The molecule has 3 aromatic rings. The maximum atomic E-state index is 13.1. The highest BCUT2D eigenvalue weighted by molar-refractivity contribution is 6.07. The van der Waals surface area contributed by atoms with Crippen LogP contribution in [-0.2, 0) is 4.79 Å². The number of hydrogen-bond donors (Lipinski definition) is 1. The van der Waals surface area contributed by atoms with Gasteiger partial charge in [-0.05, 0) is 56.3 Å². The summed E-state index contributed by atoms with van der Waals surface area (Å²) in [6.45, 7) is 3.90. The highest BCUT2D eigenvalue weighted by Gasteiger charge is 2.26. The van der Waals surface area contributed by atoms with Crippen LogP contribution in [0.1, 0.15) is 24.8 Å². The van der Waals surface area contributed by atoms with E-state index in [2.05, 4.69) is 26.1 Å². The Hall–Kier alpha value is -3.89. The zero-order valence-corrected chi connectivity index (χ0v) is 19.0. The number of aromatic nitrogens is 2. The maximum Gasteiger partial charge on any atom is 0.250 e. The SMILES string of the molecule is C#Cc1cccc(Nc2ncnc3ccc4c(c23)OCCN4C(=O)/C=C/CN2CCCCC2)c1. The molecule has 0 radical (unpaired) electrons. The lowest BCUT2D eigenvalue weighted by molar-refractivity contribution is -0.114. The molecule has 0 aliphatic carbocycles. The molecule has 7 heteroatoms. The average Bonchev–Trinajstić information content (AvgIpc) is 2.89. The van der Waals surface area contributed by atoms with Gasteiger partial charge in [0, 0.05) is 23.9 Å². The second-order valence-corrected chi connectivity index (χ2v) is 8.48. The lowest BCUT2D eigenvalue weighted by atomic mass is 10.1. The molecule has 1 N–H and O–H groups in total. The lowest BCUT2D eigenvalue weighted by Crippen LogP contribution is -2.37. The second-order valence-electron chi connectivity index (χ2n) is 8.48. The number of amides is 1. The van der Waals surface area contributed by atoms with Crippen LogP contribution in [-0.4, -0.2) is 53.6 Å². The molecule has 0 bridgehead atoms. The normalized spacial score (nSPS) is 16.1. The number of ether oxygens (including phenoxy) is 1. The number of hydrogen-bond acceptors (Lipinski definition) is 6. The van der Waals surface area contributed by atoms with Crippen molar-refractivity contribution in [3.8, 4) is 18.1 Å². The van der Waals surface area contributed by atoms with Crippen molar-refractivity contribution < 1.29 is 9.53 Å². The van der Waals surface area contributed by atoms with E-state index in [1.54, 1.807) is 11.0 Å². The Morgan fingerprint density at radius 2 is 2.03 bits per heavy atom. The number of nitrogens with zero attached hydrogens (tertiary/aromatic N) is 4. The van der Waals surface area contributed by atoms with Gasteiger partial charge in [0.25, 0.3) is 5.91 Å². The summed E-state index contributed by atoms with van der Waals surface area (Å²) in [5.74, 6) is 3.81. The van der Waals surface area contributed by atoms with Crippen molar-refractivity contribution in [1.29, 1.82) is 0 Å². The summed E-state index contributed by atoms with van der Waals surface area (Å²) in [6, 6.07) is 11.4. The van der Waals surface area contributed by atoms with Crippen LogP contribution >= 0.6 is 0 Å². The molecule has 172 valence electrons. The van der Waals surface area contributed by atoms with Crippen molar-refractivity contribution in [2.45, 2.75) is 19.3 Å². The van der Waals surface area contributed by atoms with E-state index in [-0.39, 0.29) is 5.91 Å². The minimum atomic E-state index is -0.0472. The van der Waals surface area contributed by atoms with Crippen LogP contribution in [0.2, 0.25) is 0 Å². The molecule has 1 fully saturated rings. The molecule has 2 aliphatic heterocycles. The van der Waals surface area contributed by atoms with Gasteiger partial charge in [-0.15, -0.1) is 6.42 Å². The molecule has 0 unspecified atom stereocenters. The van der Waals surface area contributed by atoms with Crippen molar-refractivity contribution in [3.63, 3.8) is 0 Å². The number of carbonyl (C=O) groups excluding carboxylic acids is 1. The monoisotopic (exact) mass is 453 g/mol. The van der Waals surface area contributed by atoms with Crippen molar-refractivity contribution in [1.82, 2.24) is 14.9 Å². The average molecular weight is 454 g/mol. The number of rotatable bonds is 5. The van der Waals surface area contributed by atoms with E-state index in [1.807, 2.05) is 42.5 Å². The van der Waals surface area contributed by atoms with E-state index in [1.165, 1.54) is 25.6 Å². The number of benzene rings is 2. The zero-order valence-electron chi connectivity index (χ0n) is 19.0. The summed E-state index contributed by atoms with van der Waals surface area (Å²) in [5, 5.41) is 4.07. The van der Waals surface area contributed by atoms with Crippen LogP contribution in [0.25, 0.3) is 10.9 Å². The predicted octanol–water partition coefficient (Wildman–Crippen LogP) is 4.12. The zero-order chi connectivity index (χ0) is 23.3. The fourth-order valence-corrected chi connectivity index (χ4v) is 4.51. The molecule has 3 heterocycles. The molecule has 1 amide bonds. The van der Waals surface area contributed by atoms with Crippen LogP contribution in [0.3, 0.4) is 0 Å². The van der Waals surface area contributed by atoms with E-state index in [9.17, 15) is 4.79 Å². The summed E-state index contributed by atoms with van der Waals surface area (Å²) >= 11 is 0. The minimum Gasteiger partial charge on any atom is -0.489 e. The fraction of sp³-hybridized carbons (Fsp3) is 0.296. The third kappa shape index (κ3) is 4.59. The first kappa shape index (κ1) is 21.9. The topological polar surface area (TPSA) is 70.6 Å². The van der Waals surface area contributed by atoms with Crippen molar-refractivity contribution in [3.05, 3.63) is 60.4 Å². The molecule has 2 aromatic carbocycles. The van der Waals surface area contributed by atoms with Crippen molar-refractivity contribution >= 4 is 34.0 Å². The van der Waals surface area contributed by atoms with E-state index >= 15 is 0 Å². The molecule has 34 heavy (non-hydrogen) atoms. The molecule has 1 aromatic heterocycles. The first-order chi connectivity index (χ1) is 16.7. The van der Waals surface area contributed by atoms with E-state index in [0.29, 0.717) is 24.7 Å². The molecule has 0 atom stereocenters. The van der Waals surface area contributed by atoms with Gasteiger partial charge in [-0.2, -0.15) is 0 Å². The van der Waals surface area contributed by atoms with Gasteiger partial charge in [0.2, 0.25) is 0 Å². The second kappa shape index (κ2) is 9.94. The first-order valence-electron chi connectivity index (χ1n) is 11.7. The summed E-state index contributed by atoms with van der Waals surface area (Å²) < 4.78 is 6.06. The number of fused-ring (bicyclic) bond motifs is 3. The van der Waals surface area contributed by atoms with E-state index < -0.39 is 0 Å². The molecule has 1 saturated heterocycles. The van der Waals surface area contributed by atoms with Gasteiger partial charge in [-0.3, -0.25) is 9.69 Å². The van der Waals surface area contributed by atoms with Gasteiger partial charge in [0.1, 0.15) is 18.8 Å². The highest BCUT2D eigenvalue weighted by Crippen LogP contribution is 2.41. The Bertz CT molecular complexity index is 1270. The van der Waals surface area contributed by atoms with Gasteiger partial charge in [0.05, 0.1) is 23.1 Å². The largest absolute Gasteiger partial charge is 0.489 e. The Balaban J connectivity index is 1.43. The molecule has 7 nitrogen and oxygen atoms in total. The Labute approximate surface area is 199 Å². The maximum absolute atomic E-state index is 13.1. The summed E-state index contributed by atoms with van der Waals surface area (Å²) in [7, 11) is 0. The standard InChI is InChI=1S/C27H27N5O2/c1-2-20-8-6-9-21(18-20)30-27-25-22(28-19-29-27)11-12-23-26(25)34-17-16-32(23)24(33)10-7-15-31-13-4-3-5-14-31/h1,6-12,18-19H,3-5,13-17H2,(H,28,29,30)/b10-7+. The number of piperidine rings is 1. The molecule has 0 saturated carbocycles. The van der Waals surface area contributed by atoms with Crippen molar-refractivity contribution in [2.75, 3.05) is 43.0 Å². The quantitative estimate of drug-likeness (QED) is 0.463. The van der Waals surface area contributed by atoms with E-state index in [4.69, 9.17) is 11.2 Å². The van der Waals surface area contributed by atoms with Crippen LogP contribution in [0.15, 0.2) is 54.9 Å². The number of nitrogens with one attached hydrogen (secondary N) is 1. The molecule has 5 rings (SSSR count). The van der Waals surface area contributed by atoms with Crippen LogP contribution in [0, 0.1) is 12.3 Å². The smallest absolute Gasteiger partial charge is 0.250 e. The third-order valence-corrected chi connectivity index (χ3v) is 6.22. The van der Waals surface area contributed by atoms with Gasteiger partial charge in [-0.1, -0.05) is 24.5 Å². The molecular weight excluding hydrogens is 426 g/mol. The molecular formula is C27H27N5O2. The number of anilines is 3. The Kier molecular flexibility index (Phi) is 6.41. The number of likely N-dealkylation sites (tertiary alicyclic amines) is 1. The van der Waals surface area contributed by atoms with Gasteiger partial charge in [0.15, 0.2) is 5.75 Å². The lowest BCUT2D eigenvalue weighted by Gasteiger charge is -2.30. The Morgan fingerprint density at radius 1 is 1.15 bits per heavy atom. The summed E-state index contributed by atoms with van der Waals surface area (Å²) in [5.41, 5.74) is 3.05. The first-order valence-corrected chi connectivity index (χ1v) is 11.7. The third-order valence-electron chi connectivity index (χ3n) is 6.22. The Morgan fingerprint density at radius 3 is 2.88 bits per heavy atom. The highest BCUT2D eigenvalue weighted by atomic mass is 16.5. The predicted molar refractivity (Wildman–Crippen MR) is 134 cm³/mol. The van der Waals surface area contributed by atoms with E-state index in [0.717, 1.165) is 47.5 Å². The number of carbonyl (C=O) groups is 1. The van der Waals surface area contributed by atoms with Gasteiger partial charge < -0.3 is 15.0 Å². The van der Waals surface area contributed by atoms with Crippen LogP contribution < -0.4 is 15.0 Å². The molecule has 0 spiro atoms. The molecule has 2 aliphatic rings. The van der Waals surface area contributed by atoms with Crippen LogP contribution in [0.5, 0.6) is 5.75 Å².